The zero-order valence-corrected chi connectivity index (χ0v) is 10.3. The lowest BCUT2D eigenvalue weighted by molar-refractivity contribution is -0.149. The van der Waals surface area contributed by atoms with Crippen LogP contribution in [0.15, 0.2) is 30.3 Å². The van der Waals surface area contributed by atoms with Crippen LogP contribution >= 0.6 is 34.8 Å². The van der Waals surface area contributed by atoms with Gasteiger partial charge >= 0.3 is 5.97 Å². The van der Waals surface area contributed by atoms with E-state index in [2.05, 4.69) is 0 Å². The molecule has 0 heterocycles. The Morgan fingerprint density at radius 2 is 1.88 bits per heavy atom. The molecule has 0 saturated heterocycles. The van der Waals surface area contributed by atoms with Gasteiger partial charge in [0.15, 0.2) is 6.10 Å². The van der Waals surface area contributed by atoms with Gasteiger partial charge in [-0.2, -0.15) is 0 Å². The molecule has 0 bridgehead atoms. The van der Waals surface area contributed by atoms with E-state index in [1.807, 2.05) is 0 Å². The molecule has 2 nitrogen and oxygen atoms in total. The Kier molecular flexibility index (Phi) is 4.84. The average Bonchev–Trinajstić information content (AvgIpc) is 2.25. The standard InChI is InChI=1S/C10H8Cl3FO2/c11-10(12,13)9(15)16-8(6-14)7-4-2-1-3-5-7/h1-5,8H,6H2. The third-order valence-electron chi connectivity index (χ3n) is 1.79. The van der Waals surface area contributed by atoms with Crippen LogP contribution in [0.5, 0.6) is 0 Å². The fraction of sp³-hybridized carbons (Fsp3) is 0.300. The molecule has 1 atom stereocenters. The summed E-state index contributed by atoms with van der Waals surface area (Å²) in [5, 5.41) is 0. The van der Waals surface area contributed by atoms with Crippen molar-refractivity contribution in [3.63, 3.8) is 0 Å². The maximum Gasteiger partial charge on any atom is 0.359 e. The first-order chi connectivity index (χ1) is 7.45. The second-order valence-electron chi connectivity index (χ2n) is 2.96. The predicted octanol–water partition coefficient (Wildman–Crippen LogP) is 3.61. The number of hydrogen-bond donors (Lipinski definition) is 0. The van der Waals surface area contributed by atoms with Crippen molar-refractivity contribution in [1.29, 1.82) is 0 Å². The molecule has 0 fully saturated rings. The summed E-state index contributed by atoms with van der Waals surface area (Å²) in [6.45, 7) is -0.878. The Balaban J connectivity index is 2.75. The molecule has 0 radical (unpaired) electrons. The summed E-state index contributed by atoms with van der Waals surface area (Å²) in [4.78, 5) is 11.2. The highest BCUT2D eigenvalue weighted by atomic mass is 35.6. The SMILES string of the molecule is O=C(OC(CF)c1ccccc1)C(Cl)(Cl)Cl. The molecule has 0 amide bonds. The number of carbonyl (C=O) groups excluding carboxylic acids is 1. The largest absolute Gasteiger partial charge is 0.452 e. The normalized spacial score (nSPS) is 13.2. The minimum Gasteiger partial charge on any atom is -0.452 e. The van der Waals surface area contributed by atoms with Crippen LogP contribution in [0, 0.1) is 0 Å². The first-order valence-electron chi connectivity index (χ1n) is 4.34. The van der Waals surface area contributed by atoms with E-state index in [0.29, 0.717) is 5.56 Å². The van der Waals surface area contributed by atoms with Gasteiger partial charge in [0.25, 0.3) is 3.79 Å². The van der Waals surface area contributed by atoms with E-state index < -0.39 is 22.5 Å². The smallest absolute Gasteiger partial charge is 0.359 e. The lowest BCUT2D eigenvalue weighted by Gasteiger charge is -2.17. The molecule has 0 aliphatic carbocycles. The number of esters is 1. The van der Waals surface area contributed by atoms with Crippen LogP contribution in [-0.4, -0.2) is 16.4 Å². The van der Waals surface area contributed by atoms with Crippen LogP contribution in [0.3, 0.4) is 0 Å². The summed E-state index contributed by atoms with van der Waals surface area (Å²) >= 11 is 15.9. The van der Waals surface area contributed by atoms with E-state index in [1.165, 1.54) is 0 Å². The fourth-order valence-corrected chi connectivity index (χ4v) is 1.19. The van der Waals surface area contributed by atoms with E-state index in [9.17, 15) is 9.18 Å². The van der Waals surface area contributed by atoms with Gasteiger partial charge in [0.05, 0.1) is 0 Å². The molecule has 0 aliphatic heterocycles. The van der Waals surface area contributed by atoms with Crippen molar-refractivity contribution in [1.82, 2.24) is 0 Å². The van der Waals surface area contributed by atoms with Crippen LogP contribution in [0.25, 0.3) is 0 Å². The van der Waals surface area contributed by atoms with Crippen molar-refractivity contribution in [3.8, 4) is 0 Å². The number of ether oxygens (including phenoxy) is 1. The van der Waals surface area contributed by atoms with Crippen molar-refractivity contribution in [2.45, 2.75) is 9.90 Å². The summed E-state index contributed by atoms with van der Waals surface area (Å²) < 4.78 is 15.2. The topological polar surface area (TPSA) is 26.3 Å². The summed E-state index contributed by atoms with van der Waals surface area (Å²) in [7, 11) is 0. The summed E-state index contributed by atoms with van der Waals surface area (Å²) in [5.41, 5.74) is 0.507. The van der Waals surface area contributed by atoms with Crippen molar-refractivity contribution in [2.75, 3.05) is 6.67 Å². The first kappa shape index (κ1) is 13.6. The van der Waals surface area contributed by atoms with E-state index in [4.69, 9.17) is 39.5 Å². The average molecular weight is 286 g/mol. The van der Waals surface area contributed by atoms with E-state index in [-0.39, 0.29) is 0 Å². The van der Waals surface area contributed by atoms with Gasteiger partial charge in [0, 0.05) is 0 Å². The molecule has 0 spiro atoms. The Bertz CT molecular complexity index is 351. The molecule has 88 valence electrons. The molecule has 6 heteroatoms. The van der Waals surface area contributed by atoms with Crippen LogP contribution in [-0.2, 0) is 9.53 Å². The van der Waals surface area contributed by atoms with E-state index >= 15 is 0 Å². The number of carbonyl (C=O) groups is 1. The monoisotopic (exact) mass is 284 g/mol. The molecule has 1 rings (SSSR count). The zero-order valence-electron chi connectivity index (χ0n) is 8.00. The predicted molar refractivity (Wildman–Crippen MR) is 61.5 cm³/mol. The van der Waals surface area contributed by atoms with Crippen LogP contribution in [0.4, 0.5) is 4.39 Å². The Morgan fingerprint density at radius 3 is 2.31 bits per heavy atom. The van der Waals surface area contributed by atoms with Crippen LogP contribution in [0.1, 0.15) is 11.7 Å². The van der Waals surface area contributed by atoms with E-state index in [1.54, 1.807) is 30.3 Å². The zero-order chi connectivity index (χ0) is 12.2. The summed E-state index contributed by atoms with van der Waals surface area (Å²) in [5.74, 6) is -1.09. The van der Waals surface area contributed by atoms with Gasteiger partial charge in [-0.3, -0.25) is 0 Å². The van der Waals surface area contributed by atoms with Gasteiger partial charge in [-0.05, 0) is 5.56 Å². The third-order valence-corrected chi connectivity index (χ3v) is 2.26. The molecule has 0 saturated carbocycles. The molecular formula is C10H8Cl3FO2. The van der Waals surface area contributed by atoms with Gasteiger partial charge in [-0.15, -0.1) is 0 Å². The van der Waals surface area contributed by atoms with Gasteiger partial charge in [0.1, 0.15) is 6.67 Å². The maximum absolute atomic E-state index is 12.7. The summed E-state index contributed by atoms with van der Waals surface area (Å²) in [6.07, 6.45) is -1.05. The van der Waals surface area contributed by atoms with Crippen molar-refractivity contribution in [2.24, 2.45) is 0 Å². The minimum atomic E-state index is -2.19. The molecule has 0 aliphatic rings. The second-order valence-corrected chi connectivity index (χ2v) is 5.24. The van der Waals surface area contributed by atoms with Crippen LogP contribution in [0.2, 0.25) is 0 Å². The number of hydrogen-bond acceptors (Lipinski definition) is 2. The minimum absolute atomic E-state index is 0.507. The second kappa shape index (κ2) is 5.71. The van der Waals surface area contributed by atoms with Crippen molar-refractivity contribution in [3.05, 3.63) is 35.9 Å². The summed E-state index contributed by atoms with van der Waals surface area (Å²) in [6, 6.07) is 8.39. The number of rotatable bonds is 3. The molecule has 1 aromatic rings. The number of benzene rings is 1. The first-order valence-corrected chi connectivity index (χ1v) is 5.47. The third kappa shape index (κ3) is 3.81. The highest BCUT2D eigenvalue weighted by molar-refractivity contribution is 6.75. The Labute approximate surface area is 107 Å². The highest BCUT2D eigenvalue weighted by Crippen LogP contribution is 2.30. The van der Waals surface area contributed by atoms with Gasteiger partial charge in [0.2, 0.25) is 0 Å². The van der Waals surface area contributed by atoms with Gasteiger partial charge in [-0.1, -0.05) is 65.1 Å². The molecule has 1 unspecified atom stereocenters. The lowest BCUT2D eigenvalue weighted by Crippen LogP contribution is -2.25. The quantitative estimate of drug-likeness (QED) is 0.626. The molecule has 16 heavy (non-hydrogen) atoms. The van der Waals surface area contributed by atoms with Crippen LogP contribution < -0.4 is 0 Å². The van der Waals surface area contributed by atoms with Gasteiger partial charge < -0.3 is 4.74 Å². The van der Waals surface area contributed by atoms with Crippen molar-refractivity contribution < 1.29 is 13.9 Å². The molecular weight excluding hydrogens is 277 g/mol. The highest BCUT2D eigenvalue weighted by Gasteiger charge is 2.34. The number of alkyl halides is 4. The fourth-order valence-electron chi connectivity index (χ4n) is 1.05. The Morgan fingerprint density at radius 1 is 1.31 bits per heavy atom. The van der Waals surface area contributed by atoms with Crippen molar-refractivity contribution >= 4 is 40.8 Å². The van der Waals surface area contributed by atoms with E-state index in [0.717, 1.165) is 0 Å². The Hall–Kier alpha value is -0.510. The van der Waals surface area contributed by atoms with Gasteiger partial charge in [-0.25, -0.2) is 9.18 Å². The number of halogens is 4. The molecule has 0 N–H and O–H groups in total. The lowest BCUT2D eigenvalue weighted by atomic mass is 10.1. The molecule has 1 aromatic carbocycles. The maximum atomic E-state index is 12.7. The molecule has 0 aromatic heterocycles.